The van der Waals surface area contributed by atoms with Crippen LogP contribution >= 0.6 is 11.8 Å². The van der Waals surface area contributed by atoms with E-state index >= 15 is 0 Å². The Labute approximate surface area is 205 Å². The van der Waals surface area contributed by atoms with Crippen LogP contribution in [0.2, 0.25) is 0 Å². The number of likely N-dealkylation sites (tertiary alicyclic amines) is 1. The molecule has 3 rings (SSSR count). The van der Waals surface area contributed by atoms with Gasteiger partial charge in [-0.2, -0.15) is 0 Å². The summed E-state index contributed by atoms with van der Waals surface area (Å²) in [5.74, 6) is 1.10. The van der Waals surface area contributed by atoms with Crippen LogP contribution in [0.3, 0.4) is 0 Å². The molecule has 1 aliphatic heterocycles. The number of ether oxygens (including phenoxy) is 2. The molecule has 182 valence electrons. The summed E-state index contributed by atoms with van der Waals surface area (Å²) in [5, 5.41) is 2.83. The fraction of sp³-hybridized carbons (Fsp3) is 0.423. The van der Waals surface area contributed by atoms with E-state index < -0.39 is 0 Å². The number of esters is 1. The van der Waals surface area contributed by atoms with E-state index in [0.29, 0.717) is 36.1 Å². The number of amides is 1. The van der Waals surface area contributed by atoms with E-state index in [-0.39, 0.29) is 18.5 Å². The van der Waals surface area contributed by atoms with Crippen molar-refractivity contribution in [2.24, 2.45) is 0 Å². The number of nitrogens with one attached hydrogen (secondary N) is 1. The zero-order valence-corrected chi connectivity index (χ0v) is 20.3. The summed E-state index contributed by atoms with van der Waals surface area (Å²) in [6, 6.07) is 12.9. The number of carbonyl (C=O) groups excluding carboxylic acids is 2. The minimum Gasteiger partial charge on any atom is -0.473 e. The fourth-order valence-electron chi connectivity index (χ4n) is 3.53. The maximum atomic E-state index is 11.9. The molecule has 2 heterocycles. The second kappa shape index (κ2) is 15.1. The quantitative estimate of drug-likeness (QED) is 0.264. The van der Waals surface area contributed by atoms with Gasteiger partial charge in [0.15, 0.2) is 0 Å². The van der Waals surface area contributed by atoms with Gasteiger partial charge in [-0.1, -0.05) is 30.7 Å². The van der Waals surface area contributed by atoms with Gasteiger partial charge in [0.05, 0.1) is 11.3 Å². The lowest BCUT2D eigenvalue weighted by atomic mass is 10.1. The number of hydrogen-bond donors (Lipinski definition) is 1. The number of carbonyl (C=O) groups is 2. The summed E-state index contributed by atoms with van der Waals surface area (Å²) in [6.45, 7) is 4.37. The fourth-order valence-corrected chi connectivity index (χ4v) is 4.16. The van der Waals surface area contributed by atoms with Crippen LogP contribution in [0.1, 0.15) is 35.2 Å². The molecule has 8 heteroatoms. The first-order valence-electron chi connectivity index (χ1n) is 11.7. The molecule has 0 radical (unpaired) electrons. The lowest BCUT2D eigenvalue weighted by molar-refractivity contribution is -0.118. The van der Waals surface area contributed by atoms with Crippen LogP contribution in [0.4, 0.5) is 0 Å². The van der Waals surface area contributed by atoms with Crippen LogP contribution in [0.25, 0.3) is 0 Å². The summed E-state index contributed by atoms with van der Waals surface area (Å²) in [4.78, 5) is 30.5. The molecule has 1 aromatic heterocycles. The van der Waals surface area contributed by atoms with E-state index in [1.807, 2.05) is 30.4 Å². The molecule has 7 nitrogen and oxygen atoms in total. The van der Waals surface area contributed by atoms with Crippen molar-refractivity contribution in [3.05, 3.63) is 71.9 Å². The Bertz CT molecular complexity index is 917. The average molecular weight is 484 g/mol. The third-order valence-electron chi connectivity index (χ3n) is 5.27. The molecule has 1 amide bonds. The minimum absolute atomic E-state index is 0.0583. The number of thioether (sulfide) groups is 1. The van der Waals surface area contributed by atoms with E-state index in [0.717, 1.165) is 19.6 Å². The van der Waals surface area contributed by atoms with Crippen molar-refractivity contribution in [1.82, 2.24) is 15.2 Å². The van der Waals surface area contributed by atoms with Crippen molar-refractivity contribution in [3.8, 4) is 5.88 Å². The van der Waals surface area contributed by atoms with Gasteiger partial charge >= 0.3 is 5.97 Å². The Morgan fingerprint density at radius 2 is 1.91 bits per heavy atom. The maximum Gasteiger partial charge on any atom is 0.338 e. The molecule has 34 heavy (non-hydrogen) atoms. The third kappa shape index (κ3) is 9.97. The first-order chi connectivity index (χ1) is 16.7. The van der Waals surface area contributed by atoms with Crippen LogP contribution in [0.15, 0.2) is 60.8 Å². The highest BCUT2D eigenvalue weighted by molar-refractivity contribution is 7.99. The molecule has 1 N–H and O–H groups in total. The average Bonchev–Trinajstić information content (AvgIpc) is 2.87. The Morgan fingerprint density at radius 3 is 2.74 bits per heavy atom. The van der Waals surface area contributed by atoms with Crippen molar-refractivity contribution in [3.63, 3.8) is 0 Å². The number of nitrogens with zero attached hydrogens (tertiary/aromatic N) is 2. The van der Waals surface area contributed by atoms with Crippen LogP contribution in [0.5, 0.6) is 5.88 Å². The molecular formula is C26H33N3O4S. The Hall–Kier alpha value is -2.84. The number of pyridine rings is 1. The molecule has 0 aliphatic carbocycles. The molecule has 0 bridgehead atoms. The normalized spacial score (nSPS) is 14.1. The van der Waals surface area contributed by atoms with Gasteiger partial charge < -0.3 is 14.8 Å². The zero-order valence-electron chi connectivity index (χ0n) is 19.5. The predicted molar refractivity (Wildman–Crippen MR) is 135 cm³/mol. The summed E-state index contributed by atoms with van der Waals surface area (Å²) < 4.78 is 10.9. The highest BCUT2D eigenvalue weighted by atomic mass is 32.2. The molecule has 0 unspecified atom stereocenters. The Balaban J connectivity index is 1.21. The predicted octanol–water partition coefficient (Wildman–Crippen LogP) is 3.71. The second-order valence-corrected chi connectivity index (χ2v) is 9.09. The summed E-state index contributed by atoms with van der Waals surface area (Å²) in [5.41, 5.74) is 1.75. The van der Waals surface area contributed by atoms with Crippen molar-refractivity contribution < 1.29 is 19.1 Å². The second-order valence-electron chi connectivity index (χ2n) is 7.98. The van der Waals surface area contributed by atoms with Crippen LogP contribution in [-0.2, 0) is 16.1 Å². The smallest absolute Gasteiger partial charge is 0.338 e. The molecule has 1 fully saturated rings. The first kappa shape index (κ1) is 25.8. The summed E-state index contributed by atoms with van der Waals surface area (Å²) in [7, 11) is 0. The highest BCUT2D eigenvalue weighted by Gasteiger charge is 2.11. The standard InChI is InChI=1S/C26H33N3O4S/c30-24(21-34-18-17-33-26(31)23-9-3-1-4-10-23)27-12-5-8-16-32-25-19-22(11-13-28-25)20-29-14-6-2-7-15-29/h1,3-5,8-11,13,19H,2,6-7,12,14-18,20-21H2,(H,27,30)/b8-5-. The van der Waals surface area contributed by atoms with Gasteiger partial charge in [0.2, 0.25) is 11.8 Å². The van der Waals surface area contributed by atoms with E-state index in [1.165, 1.54) is 36.6 Å². The van der Waals surface area contributed by atoms with Crippen molar-refractivity contribution >= 4 is 23.6 Å². The molecule has 0 spiro atoms. The van der Waals surface area contributed by atoms with Crippen LogP contribution in [0, 0.1) is 0 Å². The molecule has 1 aromatic carbocycles. The number of rotatable bonds is 13. The number of benzene rings is 1. The number of hydrogen-bond acceptors (Lipinski definition) is 7. The number of piperidine rings is 1. The molecule has 0 atom stereocenters. The zero-order chi connectivity index (χ0) is 23.8. The molecule has 1 saturated heterocycles. The largest absolute Gasteiger partial charge is 0.473 e. The van der Waals surface area contributed by atoms with E-state index in [2.05, 4.69) is 15.2 Å². The minimum atomic E-state index is -0.345. The number of aromatic nitrogens is 1. The topological polar surface area (TPSA) is 80.8 Å². The van der Waals surface area contributed by atoms with Crippen molar-refractivity contribution in [2.45, 2.75) is 25.8 Å². The van der Waals surface area contributed by atoms with Gasteiger partial charge in [0, 0.05) is 31.1 Å². The van der Waals surface area contributed by atoms with Gasteiger partial charge in [-0.3, -0.25) is 9.69 Å². The summed E-state index contributed by atoms with van der Waals surface area (Å²) in [6.07, 6.45) is 9.41. The van der Waals surface area contributed by atoms with Gasteiger partial charge in [0.1, 0.15) is 13.2 Å². The highest BCUT2D eigenvalue weighted by Crippen LogP contribution is 2.15. The lowest BCUT2D eigenvalue weighted by Gasteiger charge is -2.26. The first-order valence-corrected chi connectivity index (χ1v) is 12.9. The van der Waals surface area contributed by atoms with Gasteiger partial charge in [-0.25, -0.2) is 9.78 Å². The monoisotopic (exact) mass is 483 g/mol. The molecule has 0 saturated carbocycles. The van der Waals surface area contributed by atoms with Crippen LogP contribution in [-0.4, -0.2) is 66.1 Å². The van der Waals surface area contributed by atoms with Crippen molar-refractivity contribution in [2.75, 3.05) is 44.4 Å². The Morgan fingerprint density at radius 1 is 1.09 bits per heavy atom. The van der Waals surface area contributed by atoms with Gasteiger partial charge in [-0.05, 0) is 55.8 Å². The van der Waals surface area contributed by atoms with E-state index in [4.69, 9.17) is 9.47 Å². The third-order valence-corrected chi connectivity index (χ3v) is 6.19. The molecule has 2 aromatic rings. The molecule has 1 aliphatic rings. The Kier molecular flexibility index (Phi) is 11.5. The van der Waals surface area contributed by atoms with Crippen LogP contribution < -0.4 is 10.1 Å². The molecular weight excluding hydrogens is 450 g/mol. The van der Waals surface area contributed by atoms with E-state index in [1.54, 1.807) is 30.5 Å². The van der Waals surface area contributed by atoms with Crippen molar-refractivity contribution in [1.29, 1.82) is 0 Å². The SMILES string of the molecule is O=C(CSCCOC(=O)c1ccccc1)NC/C=C\COc1cc(CN2CCCCC2)ccn1. The van der Waals surface area contributed by atoms with E-state index in [9.17, 15) is 9.59 Å². The van der Waals surface area contributed by atoms with Gasteiger partial charge in [0.25, 0.3) is 0 Å². The summed E-state index contributed by atoms with van der Waals surface area (Å²) >= 11 is 1.43. The maximum absolute atomic E-state index is 11.9. The van der Waals surface area contributed by atoms with Gasteiger partial charge in [-0.15, -0.1) is 11.8 Å². The lowest BCUT2D eigenvalue weighted by Crippen LogP contribution is -2.29.